The summed E-state index contributed by atoms with van der Waals surface area (Å²) < 4.78 is 32.0. The van der Waals surface area contributed by atoms with E-state index in [0.717, 1.165) is 4.31 Å². The fourth-order valence-electron chi connectivity index (χ4n) is 2.75. The zero-order valence-electron chi connectivity index (χ0n) is 13.9. The molecule has 26 heavy (non-hydrogen) atoms. The van der Waals surface area contributed by atoms with E-state index in [2.05, 4.69) is 10.6 Å². The lowest BCUT2D eigenvalue weighted by molar-refractivity contribution is -0.131. The van der Waals surface area contributed by atoms with Crippen LogP contribution in [0.3, 0.4) is 0 Å². The van der Waals surface area contributed by atoms with Crippen LogP contribution >= 0.6 is 0 Å². The molecule has 1 saturated heterocycles. The highest BCUT2D eigenvalue weighted by Gasteiger charge is 2.39. The number of benzene rings is 1. The number of amides is 2. The van der Waals surface area contributed by atoms with Crippen molar-refractivity contribution in [3.05, 3.63) is 54.5 Å². The van der Waals surface area contributed by atoms with Gasteiger partial charge in [0.2, 0.25) is 21.8 Å². The van der Waals surface area contributed by atoms with Crippen LogP contribution < -0.4 is 10.6 Å². The van der Waals surface area contributed by atoms with Crippen LogP contribution in [0.15, 0.2) is 58.0 Å². The second-order valence-corrected chi connectivity index (χ2v) is 7.69. The van der Waals surface area contributed by atoms with Crippen LogP contribution in [0.4, 0.5) is 0 Å². The molecule has 8 nitrogen and oxygen atoms in total. The Labute approximate surface area is 151 Å². The molecule has 2 N–H and O–H groups in total. The Bertz CT molecular complexity index is 865. The molecule has 9 heteroatoms. The van der Waals surface area contributed by atoms with Gasteiger partial charge in [0.25, 0.3) is 0 Å². The summed E-state index contributed by atoms with van der Waals surface area (Å²) >= 11 is 0. The quantitative estimate of drug-likeness (QED) is 0.761. The number of hydrogen-bond donors (Lipinski definition) is 2. The van der Waals surface area contributed by atoms with E-state index in [9.17, 15) is 18.0 Å². The molecule has 3 rings (SSSR count). The van der Waals surface area contributed by atoms with Crippen molar-refractivity contribution in [2.75, 3.05) is 13.1 Å². The van der Waals surface area contributed by atoms with Crippen molar-refractivity contribution >= 4 is 21.8 Å². The van der Waals surface area contributed by atoms with E-state index in [-0.39, 0.29) is 31.0 Å². The maximum absolute atomic E-state index is 12.9. The minimum Gasteiger partial charge on any atom is -0.467 e. The standard InChI is InChI=1S/C17H19N3O5S/c21-16(19-12-13-5-4-10-25-13)11-15-17(22)18-8-9-20(15)26(23,24)14-6-2-1-3-7-14/h1-7,10,15H,8-9,11-12H2,(H,18,22)(H,19,21). The number of furan rings is 1. The first-order valence-electron chi connectivity index (χ1n) is 8.12. The molecule has 138 valence electrons. The van der Waals surface area contributed by atoms with Gasteiger partial charge in [-0.15, -0.1) is 0 Å². The molecule has 2 amide bonds. The van der Waals surface area contributed by atoms with Gasteiger partial charge in [-0.3, -0.25) is 9.59 Å². The molecule has 1 fully saturated rings. The van der Waals surface area contributed by atoms with Gasteiger partial charge in [-0.25, -0.2) is 8.42 Å². The number of rotatable bonds is 6. The lowest BCUT2D eigenvalue weighted by Gasteiger charge is -2.33. The van der Waals surface area contributed by atoms with Gasteiger partial charge in [0.1, 0.15) is 11.8 Å². The van der Waals surface area contributed by atoms with Gasteiger partial charge in [-0.05, 0) is 24.3 Å². The summed E-state index contributed by atoms with van der Waals surface area (Å²) in [5.74, 6) is -0.346. The Kier molecular flexibility index (Phi) is 5.38. The van der Waals surface area contributed by atoms with E-state index < -0.39 is 27.9 Å². The van der Waals surface area contributed by atoms with E-state index >= 15 is 0 Å². The van der Waals surface area contributed by atoms with Gasteiger partial charge in [0.05, 0.1) is 24.1 Å². The van der Waals surface area contributed by atoms with Crippen molar-refractivity contribution in [1.29, 1.82) is 0 Å². The van der Waals surface area contributed by atoms with Crippen LogP contribution in [-0.4, -0.2) is 43.7 Å². The molecule has 2 heterocycles. The van der Waals surface area contributed by atoms with Crippen molar-refractivity contribution in [1.82, 2.24) is 14.9 Å². The molecule has 1 aromatic heterocycles. The molecule has 0 aliphatic carbocycles. The predicted octanol–water partition coefficient (Wildman–Crippen LogP) is 0.475. The molecular formula is C17H19N3O5S. The highest BCUT2D eigenvalue weighted by Crippen LogP contribution is 2.21. The SMILES string of the molecule is O=C(CC1C(=O)NCCN1S(=O)(=O)c1ccccc1)NCc1ccco1. The van der Waals surface area contributed by atoms with Crippen LogP contribution in [0.1, 0.15) is 12.2 Å². The number of nitrogens with one attached hydrogen (secondary N) is 2. The maximum atomic E-state index is 12.9. The van der Waals surface area contributed by atoms with Crippen molar-refractivity contribution in [2.24, 2.45) is 0 Å². The molecule has 1 unspecified atom stereocenters. The Morgan fingerprint density at radius 2 is 2.00 bits per heavy atom. The fourth-order valence-corrected chi connectivity index (χ4v) is 4.36. The molecule has 1 aliphatic heterocycles. The number of nitrogens with zero attached hydrogens (tertiary/aromatic N) is 1. The van der Waals surface area contributed by atoms with Gasteiger partial charge in [0.15, 0.2) is 0 Å². The molecular weight excluding hydrogens is 358 g/mol. The summed E-state index contributed by atoms with van der Waals surface area (Å²) in [5.41, 5.74) is 0. The molecule has 2 aromatic rings. The van der Waals surface area contributed by atoms with Gasteiger partial charge in [0, 0.05) is 13.1 Å². The van der Waals surface area contributed by atoms with Crippen molar-refractivity contribution < 1.29 is 22.4 Å². The van der Waals surface area contributed by atoms with Gasteiger partial charge < -0.3 is 15.1 Å². The lowest BCUT2D eigenvalue weighted by atomic mass is 10.1. The average Bonchev–Trinajstić information content (AvgIpc) is 3.16. The first-order chi connectivity index (χ1) is 12.5. The van der Waals surface area contributed by atoms with E-state index in [1.807, 2.05) is 0 Å². The third-order valence-electron chi connectivity index (χ3n) is 4.05. The normalized spacial score (nSPS) is 18.3. The first kappa shape index (κ1) is 18.2. The first-order valence-corrected chi connectivity index (χ1v) is 9.56. The van der Waals surface area contributed by atoms with Crippen molar-refractivity contribution in [2.45, 2.75) is 23.9 Å². The van der Waals surface area contributed by atoms with E-state index in [4.69, 9.17) is 4.42 Å². The topological polar surface area (TPSA) is 109 Å². The summed E-state index contributed by atoms with van der Waals surface area (Å²) in [5, 5.41) is 5.25. The zero-order valence-corrected chi connectivity index (χ0v) is 14.7. The van der Waals surface area contributed by atoms with E-state index in [1.54, 1.807) is 30.3 Å². The maximum Gasteiger partial charge on any atom is 0.243 e. The number of sulfonamides is 1. The molecule has 0 bridgehead atoms. The summed E-state index contributed by atoms with van der Waals surface area (Å²) in [7, 11) is -3.87. The Balaban J connectivity index is 1.74. The molecule has 1 aliphatic rings. The highest BCUT2D eigenvalue weighted by atomic mass is 32.2. The van der Waals surface area contributed by atoms with Crippen molar-refractivity contribution in [3.8, 4) is 0 Å². The number of piperazine rings is 1. The largest absolute Gasteiger partial charge is 0.467 e. The monoisotopic (exact) mass is 377 g/mol. The van der Waals surface area contributed by atoms with Crippen LogP contribution in [0, 0.1) is 0 Å². The van der Waals surface area contributed by atoms with Crippen LogP contribution in [0.5, 0.6) is 0 Å². The second kappa shape index (κ2) is 7.71. The third-order valence-corrected chi connectivity index (χ3v) is 5.97. The number of carbonyl (C=O) groups is 2. The van der Waals surface area contributed by atoms with Crippen LogP contribution in [-0.2, 0) is 26.2 Å². The average molecular weight is 377 g/mol. The smallest absolute Gasteiger partial charge is 0.243 e. The Morgan fingerprint density at radius 1 is 1.23 bits per heavy atom. The molecule has 0 saturated carbocycles. The summed E-state index contributed by atoms with van der Waals surface area (Å²) in [4.78, 5) is 24.5. The zero-order chi connectivity index (χ0) is 18.6. The highest BCUT2D eigenvalue weighted by molar-refractivity contribution is 7.89. The third kappa shape index (κ3) is 3.94. The predicted molar refractivity (Wildman–Crippen MR) is 92.3 cm³/mol. The van der Waals surface area contributed by atoms with E-state index in [0.29, 0.717) is 5.76 Å². The minimum absolute atomic E-state index is 0.0932. The van der Waals surface area contributed by atoms with Gasteiger partial charge in [-0.1, -0.05) is 18.2 Å². The minimum atomic E-state index is -3.87. The van der Waals surface area contributed by atoms with Crippen LogP contribution in [0.25, 0.3) is 0 Å². The Hall–Kier alpha value is -2.65. The summed E-state index contributed by atoms with van der Waals surface area (Å²) in [6.45, 7) is 0.486. The number of hydrogen-bond acceptors (Lipinski definition) is 5. The van der Waals surface area contributed by atoms with E-state index in [1.165, 1.54) is 18.4 Å². The fraction of sp³-hybridized carbons (Fsp3) is 0.294. The molecule has 1 atom stereocenters. The second-order valence-electron chi connectivity index (χ2n) is 5.80. The number of carbonyl (C=O) groups excluding carboxylic acids is 2. The Morgan fingerprint density at radius 3 is 2.69 bits per heavy atom. The van der Waals surface area contributed by atoms with Gasteiger partial charge in [-0.2, -0.15) is 4.31 Å². The van der Waals surface area contributed by atoms with Crippen molar-refractivity contribution in [3.63, 3.8) is 0 Å². The summed E-state index contributed by atoms with van der Waals surface area (Å²) in [6, 6.07) is 10.2. The molecule has 1 aromatic carbocycles. The summed E-state index contributed by atoms with van der Waals surface area (Å²) in [6.07, 6.45) is 1.23. The van der Waals surface area contributed by atoms with Crippen LogP contribution in [0.2, 0.25) is 0 Å². The van der Waals surface area contributed by atoms with Gasteiger partial charge >= 0.3 is 0 Å². The molecule has 0 spiro atoms. The molecule has 0 radical (unpaired) electrons. The lowest BCUT2D eigenvalue weighted by Crippen LogP contribution is -2.58.